The van der Waals surface area contributed by atoms with Crippen molar-refractivity contribution in [1.29, 1.82) is 0 Å². The summed E-state index contributed by atoms with van der Waals surface area (Å²) in [5.41, 5.74) is 1.97. The van der Waals surface area contributed by atoms with Gasteiger partial charge >= 0.3 is 6.03 Å². The van der Waals surface area contributed by atoms with Gasteiger partial charge in [0.1, 0.15) is 0 Å². The first kappa shape index (κ1) is 20.6. The molecule has 0 radical (unpaired) electrons. The van der Waals surface area contributed by atoms with Crippen LogP contribution in [0.4, 0.5) is 10.5 Å². The molecule has 2 amide bonds. The number of nitrogens with zero attached hydrogens (tertiary/aromatic N) is 1. The van der Waals surface area contributed by atoms with Crippen LogP contribution in [0.15, 0.2) is 53.4 Å². The fraction of sp³-hybridized carbons (Fsp3) is 0.350. The molecule has 0 saturated carbocycles. The second-order valence-corrected chi connectivity index (χ2v) is 8.97. The summed E-state index contributed by atoms with van der Waals surface area (Å²) in [6.45, 7) is 3.07. The molecule has 1 saturated heterocycles. The molecule has 150 valence electrons. The van der Waals surface area contributed by atoms with E-state index in [1.165, 1.54) is 17.7 Å². The predicted octanol–water partition coefficient (Wildman–Crippen LogP) is 3.88. The topological polar surface area (TPSA) is 78.5 Å². The van der Waals surface area contributed by atoms with E-state index in [0.29, 0.717) is 31.0 Å². The van der Waals surface area contributed by atoms with E-state index in [-0.39, 0.29) is 17.0 Å². The summed E-state index contributed by atoms with van der Waals surface area (Å²) >= 11 is 5.81. The summed E-state index contributed by atoms with van der Waals surface area (Å²) in [4.78, 5) is 14.3. The highest BCUT2D eigenvalue weighted by atomic mass is 35.5. The Hall–Kier alpha value is -2.09. The van der Waals surface area contributed by atoms with Crippen LogP contribution in [0.5, 0.6) is 0 Å². The van der Waals surface area contributed by atoms with Gasteiger partial charge < -0.3 is 10.2 Å². The van der Waals surface area contributed by atoms with Crippen molar-refractivity contribution >= 4 is 33.3 Å². The number of aryl methyl sites for hydroxylation is 1. The second-order valence-electron chi connectivity index (χ2n) is 6.82. The number of halogens is 1. The molecule has 8 heteroatoms. The van der Waals surface area contributed by atoms with Gasteiger partial charge in [0.25, 0.3) is 0 Å². The van der Waals surface area contributed by atoms with Gasteiger partial charge in [0.05, 0.1) is 4.90 Å². The van der Waals surface area contributed by atoms with Crippen LogP contribution in [0, 0.1) is 0 Å². The third-order valence-electron chi connectivity index (χ3n) is 4.84. The molecule has 0 aliphatic carbocycles. The van der Waals surface area contributed by atoms with Gasteiger partial charge in [0, 0.05) is 29.8 Å². The van der Waals surface area contributed by atoms with Crippen molar-refractivity contribution in [2.24, 2.45) is 0 Å². The zero-order chi connectivity index (χ0) is 20.1. The minimum absolute atomic E-state index is 0.164. The van der Waals surface area contributed by atoms with E-state index in [0.717, 1.165) is 12.1 Å². The van der Waals surface area contributed by atoms with Crippen molar-refractivity contribution < 1.29 is 13.2 Å². The molecule has 0 spiro atoms. The van der Waals surface area contributed by atoms with E-state index in [1.54, 1.807) is 17.0 Å². The summed E-state index contributed by atoms with van der Waals surface area (Å²) in [6.07, 6.45) is 2.08. The SMILES string of the molecule is CCc1ccc(NC(=O)N2CCC(NS(=O)(=O)c3ccc(Cl)cc3)CC2)cc1. The van der Waals surface area contributed by atoms with Crippen LogP contribution in [-0.2, 0) is 16.4 Å². The van der Waals surface area contributed by atoms with E-state index in [1.807, 2.05) is 24.3 Å². The van der Waals surface area contributed by atoms with Gasteiger partial charge in [-0.3, -0.25) is 0 Å². The molecule has 28 heavy (non-hydrogen) atoms. The third kappa shape index (κ3) is 5.25. The molecule has 1 aliphatic heterocycles. The normalized spacial score (nSPS) is 15.4. The minimum Gasteiger partial charge on any atom is -0.324 e. The molecule has 0 bridgehead atoms. The van der Waals surface area contributed by atoms with Crippen LogP contribution in [0.3, 0.4) is 0 Å². The van der Waals surface area contributed by atoms with Gasteiger partial charge in [-0.05, 0) is 61.2 Å². The minimum atomic E-state index is -3.60. The Kier molecular flexibility index (Phi) is 6.59. The number of likely N-dealkylation sites (tertiary alicyclic amines) is 1. The molecule has 2 N–H and O–H groups in total. The second kappa shape index (κ2) is 8.94. The number of anilines is 1. The lowest BCUT2D eigenvalue weighted by Crippen LogP contribution is -2.47. The van der Waals surface area contributed by atoms with Gasteiger partial charge in [-0.1, -0.05) is 30.7 Å². The number of rotatable bonds is 5. The van der Waals surface area contributed by atoms with Gasteiger partial charge in [-0.2, -0.15) is 0 Å². The van der Waals surface area contributed by atoms with Crippen LogP contribution < -0.4 is 10.0 Å². The zero-order valence-corrected chi connectivity index (χ0v) is 17.3. The Balaban J connectivity index is 1.52. The standard InChI is InChI=1S/C20H24ClN3O3S/c1-2-15-3-7-17(8-4-15)22-20(25)24-13-11-18(12-14-24)23-28(26,27)19-9-5-16(21)6-10-19/h3-10,18,23H,2,11-14H2,1H3,(H,22,25). The number of urea groups is 1. The Morgan fingerprint density at radius 1 is 1.07 bits per heavy atom. The van der Waals surface area contributed by atoms with Crippen molar-refractivity contribution in [3.63, 3.8) is 0 Å². The number of sulfonamides is 1. The van der Waals surface area contributed by atoms with E-state index in [2.05, 4.69) is 17.0 Å². The van der Waals surface area contributed by atoms with E-state index < -0.39 is 10.0 Å². The lowest BCUT2D eigenvalue weighted by Gasteiger charge is -2.32. The molecule has 2 aromatic rings. The average molecular weight is 422 g/mol. The van der Waals surface area contributed by atoms with Crippen molar-refractivity contribution in [2.75, 3.05) is 18.4 Å². The largest absolute Gasteiger partial charge is 0.324 e. The van der Waals surface area contributed by atoms with Gasteiger partial charge in [0.2, 0.25) is 10.0 Å². The van der Waals surface area contributed by atoms with E-state index in [4.69, 9.17) is 11.6 Å². The first-order chi connectivity index (χ1) is 13.4. The summed E-state index contributed by atoms with van der Waals surface area (Å²) in [5.74, 6) is 0. The van der Waals surface area contributed by atoms with Crippen LogP contribution >= 0.6 is 11.6 Å². The number of nitrogens with one attached hydrogen (secondary N) is 2. The fourth-order valence-electron chi connectivity index (χ4n) is 3.13. The highest BCUT2D eigenvalue weighted by molar-refractivity contribution is 7.89. The highest BCUT2D eigenvalue weighted by Crippen LogP contribution is 2.18. The highest BCUT2D eigenvalue weighted by Gasteiger charge is 2.26. The number of amides is 2. The Labute approximate surface area is 170 Å². The summed E-state index contributed by atoms with van der Waals surface area (Å²) in [5, 5.41) is 3.38. The van der Waals surface area contributed by atoms with Crippen molar-refractivity contribution in [2.45, 2.75) is 37.1 Å². The average Bonchev–Trinajstić information content (AvgIpc) is 2.69. The summed E-state index contributed by atoms with van der Waals surface area (Å²) < 4.78 is 27.7. The van der Waals surface area contributed by atoms with E-state index >= 15 is 0 Å². The number of hydrogen-bond acceptors (Lipinski definition) is 3. The van der Waals surface area contributed by atoms with Gasteiger partial charge in [-0.25, -0.2) is 17.9 Å². The van der Waals surface area contributed by atoms with Crippen LogP contribution in [0.25, 0.3) is 0 Å². The van der Waals surface area contributed by atoms with Crippen molar-refractivity contribution in [3.8, 4) is 0 Å². The Bertz CT molecular complexity index is 907. The molecule has 3 rings (SSSR count). The molecule has 6 nitrogen and oxygen atoms in total. The third-order valence-corrected chi connectivity index (χ3v) is 6.63. The lowest BCUT2D eigenvalue weighted by molar-refractivity contribution is 0.193. The number of hydrogen-bond donors (Lipinski definition) is 2. The maximum atomic E-state index is 12.5. The quantitative estimate of drug-likeness (QED) is 0.768. The molecule has 0 atom stereocenters. The summed E-state index contributed by atoms with van der Waals surface area (Å²) in [7, 11) is -3.60. The van der Waals surface area contributed by atoms with Gasteiger partial charge in [-0.15, -0.1) is 0 Å². The van der Waals surface area contributed by atoms with Crippen LogP contribution in [0.1, 0.15) is 25.3 Å². The molecule has 0 unspecified atom stereocenters. The monoisotopic (exact) mass is 421 g/mol. The first-order valence-electron chi connectivity index (χ1n) is 9.30. The maximum absolute atomic E-state index is 12.5. The molecule has 1 heterocycles. The fourth-order valence-corrected chi connectivity index (χ4v) is 4.56. The maximum Gasteiger partial charge on any atom is 0.321 e. The predicted molar refractivity (Wildman–Crippen MR) is 111 cm³/mol. The zero-order valence-electron chi connectivity index (χ0n) is 15.7. The first-order valence-corrected chi connectivity index (χ1v) is 11.2. The lowest BCUT2D eigenvalue weighted by atomic mass is 10.1. The number of carbonyl (C=O) groups excluding carboxylic acids is 1. The van der Waals surface area contributed by atoms with Crippen LogP contribution in [-0.4, -0.2) is 38.5 Å². The van der Waals surface area contributed by atoms with Crippen molar-refractivity contribution in [1.82, 2.24) is 9.62 Å². The molecule has 2 aromatic carbocycles. The van der Waals surface area contributed by atoms with Crippen LogP contribution in [0.2, 0.25) is 5.02 Å². The molecule has 1 aliphatic rings. The number of benzene rings is 2. The molecular formula is C20H24ClN3O3S. The smallest absolute Gasteiger partial charge is 0.321 e. The number of piperidine rings is 1. The number of carbonyl (C=O) groups is 1. The summed E-state index contributed by atoms with van der Waals surface area (Å²) in [6, 6.07) is 13.5. The Morgan fingerprint density at radius 2 is 1.68 bits per heavy atom. The van der Waals surface area contributed by atoms with E-state index in [9.17, 15) is 13.2 Å². The molecular weight excluding hydrogens is 398 g/mol. The molecule has 0 aromatic heterocycles. The van der Waals surface area contributed by atoms with Gasteiger partial charge in [0.15, 0.2) is 0 Å². The Morgan fingerprint density at radius 3 is 2.25 bits per heavy atom. The molecule has 1 fully saturated rings. The van der Waals surface area contributed by atoms with Crippen molar-refractivity contribution in [3.05, 3.63) is 59.1 Å².